The molecule has 2 atom stereocenters. The van der Waals surface area contributed by atoms with Crippen molar-refractivity contribution in [2.24, 2.45) is 0 Å². The summed E-state index contributed by atoms with van der Waals surface area (Å²) in [4.78, 5) is 0. The summed E-state index contributed by atoms with van der Waals surface area (Å²) in [6.07, 6.45) is -9.97. The molecular formula is C12H12F6N2O2S. The first kappa shape index (κ1) is 18.0. The van der Waals surface area contributed by atoms with Crippen molar-refractivity contribution in [2.45, 2.75) is 31.4 Å². The van der Waals surface area contributed by atoms with E-state index < -0.39 is 51.3 Å². The number of benzene rings is 1. The fraction of sp³-hybridized carbons (Fsp3) is 0.500. The minimum absolute atomic E-state index is 0.00132. The first-order valence-corrected chi connectivity index (χ1v) is 7.72. The Kier molecular flexibility index (Phi) is 4.19. The number of likely N-dealkylation sites (N-methyl/N-ethyl adjacent to an activating group) is 1. The van der Waals surface area contributed by atoms with Crippen molar-refractivity contribution in [2.75, 3.05) is 7.05 Å². The zero-order valence-electron chi connectivity index (χ0n) is 11.8. The average Bonchev–Trinajstić information content (AvgIpc) is 2.60. The lowest BCUT2D eigenvalue weighted by Gasteiger charge is -2.20. The quantitative estimate of drug-likeness (QED) is 0.781. The minimum Gasteiger partial charge on any atom is -0.195 e. The van der Waals surface area contributed by atoms with Crippen LogP contribution in [0.1, 0.15) is 29.7 Å². The Morgan fingerprint density at radius 1 is 1.00 bits per heavy atom. The summed E-state index contributed by atoms with van der Waals surface area (Å²) < 4.78 is 103. The van der Waals surface area contributed by atoms with Gasteiger partial charge in [-0.3, -0.25) is 0 Å². The monoisotopic (exact) mass is 362 g/mol. The second-order valence-corrected chi connectivity index (χ2v) is 6.96. The van der Waals surface area contributed by atoms with Crippen LogP contribution in [0.15, 0.2) is 18.2 Å². The first-order valence-electron chi connectivity index (χ1n) is 6.28. The predicted octanol–water partition coefficient (Wildman–Crippen LogP) is 2.93. The molecule has 2 rings (SSSR count). The number of nitrogens with zero attached hydrogens (tertiary/aromatic N) is 1. The van der Waals surface area contributed by atoms with Gasteiger partial charge >= 0.3 is 12.4 Å². The molecule has 0 bridgehead atoms. The molecule has 0 spiro atoms. The van der Waals surface area contributed by atoms with Crippen molar-refractivity contribution in [3.05, 3.63) is 34.9 Å². The normalized spacial score (nSPS) is 25.7. The van der Waals surface area contributed by atoms with Gasteiger partial charge in [0.2, 0.25) is 0 Å². The third-order valence-electron chi connectivity index (χ3n) is 3.68. The number of rotatable bonds is 1. The smallest absolute Gasteiger partial charge is 0.195 e. The van der Waals surface area contributed by atoms with Crippen LogP contribution in [0.4, 0.5) is 26.3 Å². The molecule has 0 saturated carbocycles. The third-order valence-corrected chi connectivity index (χ3v) is 5.32. The molecule has 130 valence electrons. The van der Waals surface area contributed by atoms with Crippen molar-refractivity contribution in [3.8, 4) is 0 Å². The summed E-state index contributed by atoms with van der Waals surface area (Å²) >= 11 is 0. The number of hydrogen-bond donors (Lipinski definition) is 1. The number of nitrogens with one attached hydrogen (secondary N) is 1. The van der Waals surface area contributed by atoms with Crippen LogP contribution >= 0.6 is 0 Å². The second kappa shape index (κ2) is 5.35. The topological polar surface area (TPSA) is 49.4 Å². The first-order chi connectivity index (χ1) is 10.2. The van der Waals surface area contributed by atoms with Crippen molar-refractivity contribution < 1.29 is 34.8 Å². The van der Waals surface area contributed by atoms with Crippen molar-refractivity contribution >= 4 is 10.2 Å². The molecule has 1 aromatic carbocycles. The van der Waals surface area contributed by atoms with E-state index in [-0.39, 0.29) is 6.07 Å². The Labute approximate surface area is 128 Å². The fourth-order valence-corrected chi connectivity index (χ4v) is 3.66. The van der Waals surface area contributed by atoms with Crippen molar-refractivity contribution in [3.63, 3.8) is 0 Å². The van der Waals surface area contributed by atoms with Crippen LogP contribution in [-0.4, -0.2) is 25.8 Å². The van der Waals surface area contributed by atoms with Gasteiger partial charge in [0.1, 0.15) is 0 Å². The van der Waals surface area contributed by atoms with Crippen LogP contribution in [-0.2, 0) is 22.6 Å². The zero-order valence-corrected chi connectivity index (χ0v) is 12.6. The summed E-state index contributed by atoms with van der Waals surface area (Å²) in [6.45, 7) is 1.38. The van der Waals surface area contributed by atoms with E-state index >= 15 is 0 Å². The van der Waals surface area contributed by atoms with Gasteiger partial charge in [0, 0.05) is 13.1 Å². The Balaban J connectivity index is 2.59. The summed E-state index contributed by atoms with van der Waals surface area (Å²) in [5, 5.41) is 0. The molecule has 1 aliphatic heterocycles. The summed E-state index contributed by atoms with van der Waals surface area (Å²) in [5.74, 6) is 0. The maximum Gasteiger partial charge on any atom is 0.416 e. The second-order valence-electron chi connectivity index (χ2n) is 5.20. The standard InChI is InChI=1S/C12H12F6N2O2S/c1-6-10(19-23(21,22)20(6)2)7-3-8(11(13,14)15)5-9(4-7)12(16,17)18/h3-6,10,19H,1-2H3/t6-,10+/m0/s1. The molecule has 11 heteroatoms. The fourth-order valence-electron chi connectivity index (χ4n) is 2.28. The third kappa shape index (κ3) is 3.45. The highest BCUT2D eigenvalue weighted by Gasteiger charge is 2.43. The van der Waals surface area contributed by atoms with E-state index in [2.05, 4.69) is 4.72 Å². The van der Waals surface area contributed by atoms with Crippen LogP contribution in [0.25, 0.3) is 0 Å². The summed E-state index contributed by atoms with van der Waals surface area (Å²) in [5.41, 5.74) is -3.36. The molecule has 0 unspecified atom stereocenters. The van der Waals surface area contributed by atoms with E-state index in [1.165, 1.54) is 14.0 Å². The highest BCUT2D eigenvalue weighted by Crippen LogP contribution is 2.39. The Hall–Kier alpha value is -1.33. The maximum absolute atomic E-state index is 12.8. The molecule has 4 nitrogen and oxygen atoms in total. The largest absolute Gasteiger partial charge is 0.416 e. The Bertz CT molecular complexity index is 681. The Morgan fingerprint density at radius 2 is 1.43 bits per heavy atom. The molecular weight excluding hydrogens is 350 g/mol. The molecule has 1 fully saturated rings. The average molecular weight is 362 g/mol. The molecule has 0 aliphatic carbocycles. The van der Waals surface area contributed by atoms with Gasteiger partial charge in [-0.15, -0.1) is 0 Å². The number of hydrogen-bond acceptors (Lipinski definition) is 2. The van der Waals surface area contributed by atoms with Crippen LogP contribution in [0.2, 0.25) is 0 Å². The van der Waals surface area contributed by atoms with Gasteiger partial charge in [-0.1, -0.05) is 0 Å². The molecule has 1 aromatic rings. The van der Waals surface area contributed by atoms with E-state index in [4.69, 9.17) is 0 Å². The Morgan fingerprint density at radius 3 is 1.74 bits per heavy atom. The maximum atomic E-state index is 12.8. The van der Waals surface area contributed by atoms with Gasteiger partial charge in [-0.05, 0) is 30.7 Å². The van der Waals surface area contributed by atoms with E-state index in [9.17, 15) is 34.8 Å². The van der Waals surface area contributed by atoms with Gasteiger partial charge in [0.15, 0.2) is 0 Å². The van der Waals surface area contributed by atoms with Crippen molar-refractivity contribution in [1.29, 1.82) is 0 Å². The lowest BCUT2D eigenvalue weighted by molar-refractivity contribution is -0.143. The molecule has 1 aliphatic rings. The van der Waals surface area contributed by atoms with E-state index in [1.54, 1.807) is 0 Å². The molecule has 1 saturated heterocycles. The van der Waals surface area contributed by atoms with Crippen LogP contribution in [0, 0.1) is 0 Å². The van der Waals surface area contributed by atoms with Gasteiger partial charge < -0.3 is 0 Å². The van der Waals surface area contributed by atoms with Crippen LogP contribution < -0.4 is 4.72 Å². The molecule has 0 radical (unpaired) electrons. The van der Waals surface area contributed by atoms with E-state index in [0.29, 0.717) is 12.1 Å². The van der Waals surface area contributed by atoms with Gasteiger partial charge in [-0.25, -0.2) is 0 Å². The zero-order chi connectivity index (χ0) is 17.8. The summed E-state index contributed by atoms with van der Waals surface area (Å²) in [6, 6.07) is -1.00. The molecule has 0 aromatic heterocycles. The number of alkyl halides is 6. The van der Waals surface area contributed by atoms with E-state index in [0.717, 1.165) is 4.31 Å². The van der Waals surface area contributed by atoms with Gasteiger partial charge in [0.05, 0.1) is 17.2 Å². The molecule has 1 heterocycles. The van der Waals surface area contributed by atoms with Crippen LogP contribution in [0.3, 0.4) is 0 Å². The highest BCUT2D eigenvalue weighted by molar-refractivity contribution is 7.87. The lowest BCUT2D eigenvalue weighted by Crippen LogP contribution is -2.28. The molecule has 0 amide bonds. The number of halogens is 6. The minimum atomic E-state index is -4.98. The summed E-state index contributed by atoms with van der Waals surface area (Å²) in [7, 11) is -2.76. The predicted molar refractivity (Wildman–Crippen MR) is 68.5 cm³/mol. The highest BCUT2D eigenvalue weighted by atomic mass is 32.2. The van der Waals surface area contributed by atoms with Gasteiger partial charge in [0.25, 0.3) is 10.2 Å². The lowest BCUT2D eigenvalue weighted by atomic mass is 9.96. The van der Waals surface area contributed by atoms with E-state index in [1.807, 2.05) is 0 Å². The molecule has 1 N–H and O–H groups in total. The van der Waals surface area contributed by atoms with Crippen LogP contribution in [0.5, 0.6) is 0 Å². The SMILES string of the molecule is C[C@H]1[C@H](c2cc(C(F)(F)F)cc(C(F)(F)F)c2)NS(=O)(=O)N1C. The van der Waals surface area contributed by atoms with Crippen molar-refractivity contribution in [1.82, 2.24) is 9.03 Å². The molecule has 23 heavy (non-hydrogen) atoms. The van der Waals surface area contributed by atoms with Gasteiger partial charge in [-0.2, -0.15) is 43.8 Å².